The van der Waals surface area contributed by atoms with Crippen molar-refractivity contribution in [1.82, 2.24) is 9.97 Å². The quantitative estimate of drug-likeness (QED) is 0.759. The molecule has 2 aromatic carbocycles. The SMILES string of the molecule is O=c1[nH]c(-c2ccc(Br)cc2)nc2c(CO)cccc12. The maximum atomic E-state index is 12.1. The van der Waals surface area contributed by atoms with Crippen molar-refractivity contribution in [2.45, 2.75) is 6.61 Å². The summed E-state index contributed by atoms with van der Waals surface area (Å²) in [6, 6.07) is 12.7. The van der Waals surface area contributed by atoms with Crippen LogP contribution in [-0.2, 0) is 6.61 Å². The molecule has 5 heteroatoms. The molecule has 3 aromatic rings. The van der Waals surface area contributed by atoms with Crippen molar-refractivity contribution >= 4 is 26.8 Å². The molecule has 3 rings (SSSR count). The highest BCUT2D eigenvalue weighted by molar-refractivity contribution is 9.10. The summed E-state index contributed by atoms with van der Waals surface area (Å²) in [5.41, 5.74) is 1.80. The first kappa shape index (κ1) is 13.0. The summed E-state index contributed by atoms with van der Waals surface area (Å²) in [6.45, 7) is -0.145. The maximum Gasteiger partial charge on any atom is 0.259 e. The predicted molar refractivity (Wildman–Crippen MR) is 81.4 cm³/mol. The number of hydrogen-bond donors (Lipinski definition) is 2. The Morgan fingerprint density at radius 2 is 1.90 bits per heavy atom. The van der Waals surface area contributed by atoms with Gasteiger partial charge in [-0.2, -0.15) is 0 Å². The number of halogens is 1. The molecule has 2 N–H and O–H groups in total. The van der Waals surface area contributed by atoms with Crippen molar-refractivity contribution in [3.05, 3.63) is 62.9 Å². The highest BCUT2D eigenvalue weighted by Crippen LogP contribution is 2.20. The first-order valence-electron chi connectivity index (χ1n) is 6.08. The van der Waals surface area contributed by atoms with E-state index in [1.807, 2.05) is 24.3 Å². The number of aliphatic hydroxyl groups excluding tert-OH is 1. The lowest BCUT2D eigenvalue weighted by atomic mass is 10.1. The average molecular weight is 331 g/mol. The van der Waals surface area contributed by atoms with E-state index in [1.165, 1.54) is 0 Å². The minimum atomic E-state index is -0.205. The van der Waals surface area contributed by atoms with Gasteiger partial charge in [0.05, 0.1) is 17.5 Å². The fourth-order valence-electron chi connectivity index (χ4n) is 2.09. The van der Waals surface area contributed by atoms with E-state index in [1.54, 1.807) is 18.2 Å². The van der Waals surface area contributed by atoms with E-state index in [4.69, 9.17) is 0 Å². The molecule has 100 valence electrons. The third kappa shape index (κ3) is 2.26. The zero-order valence-electron chi connectivity index (χ0n) is 10.4. The fraction of sp³-hybridized carbons (Fsp3) is 0.0667. The number of para-hydroxylation sites is 1. The number of fused-ring (bicyclic) bond motifs is 1. The van der Waals surface area contributed by atoms with Gasteiger partial charge >= 0.3 is 0 Å². The predicted octanol–water partition coefficient (Wildman–Crippen LogP) is 2.84. The van der Waals surface area contributed by atoms with Gasteiger partial charge in [-0.25, -0.2) is 4.98 Å². The maximum absolute atomic E-state index is 12.1. The first-order valence-corrected chi connectivity index (χ1v) is 6.87. The second-order valence-corrected chi connectivity index (χ2v) is 5.31. The van der Waals surface area contributed by atoms with Gasteiger partial charge in [0, 0.05) is 15.6 Å². The van der Waals surface area contributed by atoms with Crippen molar-refractivity contribution < 1.29 is 5.11 Å². The highest BCUT2D eigenvalue weighted by Gasteiger charge is 2.08. The van der Waals surface area contributed by atoms with Gasteiger partial charge in [0.15, 0.2) is 0 Å². The topological polar surface area (TPSA) is 66.0 Å². The molecule has 0 spiro atoms. The third-order valence-electron chi connectivity index (χ3n) is 3.11. The largest absolute Gasteiger partial charge is 0.392 e. The van der Waals surface area contributed by atoms with E-state index in [0.29, 0.717) is 22.3 Å². The first-order chi connectivity index (χ1) is 9.69. The lowest BCUT2D eigenvalue weighted by molar-refractivity contribution is 0.283. The Balaban J connectivity index is 2.28. The van der Waals surface area contributed by atoms with Gasteiger partial charge < -0.3 is 10.1 Å². The molecule has 0 radical (unpaired) electrons. The number of H-pyrrole nitrogens is 1. The van der Waals surface area contributed by atoms with Crippen LogP contribution >= 0.6 is 15.9 Å². The van der Waals surface area contributed by atoms with Crippen LogP contribution < -0.4 is 5.56 Å². The van der Waals surface area contributed by atoms with E-state index >= 15 is 0 Å². The summed E-state index contributed by atoms with van der Waals surface area (Å²) in [7, 11) is 0. The molecular weight excluding hydrogens is 320 g/mol. The normalized spacial score (nSPS) is 10.9. The van der Waals surface area contributed by atoms with Gasteiger partial charge in [0.1, 0.15) is 5.82 Å². The van der Waals surface area contributed by atoms with Gasteiger partial charge in [-0.05, 0) is 18.2 Å². The Bertz CT molecular complexity index is 825. The van der Waals surface area contributed by atoms with E-state index in [0.717, 1.165) is 10.0 Å². The van der Waals surface area contributed by atoms with Crippen molar-refractivity contribution in [1.29, 1.82) is 0 Å². The van der Waals surface area contributed by atoms with Crippen LogP contribution in [-0.4, -0.2) is 15.1 Å². The number of nitrogens with zero attached hydrogens (tertiary/aromatic N) is 1. The van der Waals surface area contributed by atoms with Crippen LogP contribution in [0.2, 0.25) is 0 Å². The van der Waals surface area contributed by atoms with Crippen LogP contribution in [0.3, 0.4) is 0 Å². The summed E-state index contributed by atoms with van der Waals surface area (Å²) in [4.78, 5) is 19.4. The number of aliphatic hydroxyl groups is 1. The lowest BCUT2D eigenvalue weighted by Gasteiger charge is -2.06. The van der Waals surface area contributed by atoms with Crippen molar-refractivity contribution in [3.8, 4) is 11.4 Å². The van der Waals surface area contributed by atoms with Crippen LogP contribution in [0.25, 0.3) is 22.3 Å². The molecule has 0 amide bonds. The number of nitrogens with one attached hydrogen (secondary N) is 1. The molecule has 1 heterocycles. The van der Waals surface area contributed by atoms with E-state index in [2.05, 4.69) is 25.9 Å². The highest BCUT2D eigenvalue weighted by atomic mass is 79.9. The molecule has 0 unspecified atom stereocenters. The number of aromatic amines is 1. The van der Waals surface area contributed by atoms with Gasteiger partial charge in [-0.15, -0.1) is 0 Å². The Kier molecular flexibility index (Phi) is 3.38. The van der Waals surface area contributed by atoms with E-state index in [9.17, 15) is 9.90 Å². The number of aromatic nitrogens is 2. The Labute approximate surface area is 123 Å². The number of benzene rings is 2. The van der Waals surface area contributed by atoms with Crippen molar-refractivity contribution in [2.24, 2.45) is 0 Å². The zero-order chi connectivity index (χ0) is 14.1. The molecule has 0 saturated carbocycles. The van der Waals surface area contributed by atoms with Gasteiger partial charge in [-0.1, -0.05) is 40.2 Å². The van der Waals surface area contributed by atoms with Crippen molar-refractivity contribution in [3.63, 3.8) is 0 Å². The molecule has 1 aromatic heterocycles. The molecule has 0 aliphatic heterocycles. The molecule has 0 saturated heterocycles. The van der Waals surface area contributed by atoms with Crippen LogP contribution in [0, 0.1) is 0 Å². The Hall–Kier alpha value is -1.98. The van der Waals surface area contributed by atoms with E-state index in [-0.39, 0.29) is 12.2 Å². The summed E-state index contributed by atoms with van der Waals surface area (Å²) >= 11 is 3.37. The van der Waals surface area contributed by atoms with Gasteiger partial charge in [-0.3, -0.25) is 4.79 Å². The van der Waals surface area contributed by atoms with Crippen LogP contribution in [0.4, 0.5) is 0 Å². The molecular formula is C15H11BrN2O2. The molecule has 0 aliphatic carbocycles. The molecule has 0 aliphatic rings. The molecule has 0 atom stereocenters. The Morgan fingerprint density at radius 3 is 2.60 bits per heavy atom. The van der Waals surface area contributed by atoms with E-state index < -0.39 is 0 Å². The minimum Gasteiger partial charge on any atom is -0.392 e. The second kappa shape index (κ2) is 5.19. The van der Waals surface area contributed by atoms with Crippen LogP contribution in [0.5, 0.6) is 0 Å². The smallest absolute Gasteiger partial charge is 0.259 e. The number of hydrogen-bond acceptors (Lipinski definition) is 3. The monoisotopic (exact) mass is 330 g/mol. The van der Waals surface area contributed by atoms with Gasteiger partial charge in [0.2, 0.25) is 0 Å². The molecule has 20 heavy (non-hydrogen) atoms. The van der Waals surface area contributed by atoms with Crippen LogP contribution in [0.15, 0.2) is 51.7 Å². The molecule has 0 fully saturated rings. The average Bonchev–Trinajstić information content (AvgIpc) is 2.47. The molecule has 0 bridgehead atoms. The van der Waals surface area contributed by atoms with Gasteiger partial charge in [0.25, 0.3) is 5.56 Å². The summed E-state index contributed by atoms with van der Waals surface area (Å²) < 4.78 is 0.959. The second-order valence-electron chi connectivity index (χ2n) is 4.39. The minimum absolute atomic E-state index is 0.145. The van der Waals surface area contributed by atoms with Crippen molar-refractivity contribution in [2.75, 3.05) is 0 Å². The zero-order valence-corrected chi connectivity index (χ0v) is 12.0. The summed E-state index contributed by atoms with van der Waals surface area (Å²) in [6.07, 6.45) is 0. The third-order valence-corrected chi connectivity index (χ3v) is 3.64. The fourth-order valence-corrected chi connectivity index (χ4v) is 2.36. The lowest BCUT2D eigenvalue weighted by Crippen LogP contribution is -2.10. The van der Waals surface area contributed by atoms with Crippen LogP contribution in [0.1, 0.15) is 5.56 Å². The number of rotatable bonds is 2. The standard InChI is InChI=1S/C15H11BrN2O2/c16-11-6-4-9(5-7-11)14-17-13-10(8-19)2-1-3-12(13)15(20)18-14/h1-7,19H,8H2,(H,17,18,20). The summed E-state index contributed by atoms with van der Waals surface area (Å²) in [5.74, 6) is 0.496. The Morgan fingerprint density at radius 1 is 1.15 bits per heavy atom. The molecule has 4 nitrogen and oxygen atoms in total. The summed E-state index contributed by atoms with van der Waals surface area (Å²) in [5, 5.41) is 9.85.